The number of hydrogen-bond acceptors (Lipinski definition) is 3. The van der Waals surface area contributed by atoms with Gasteiger partial charge < -0.3 is 14.8 Å². The summed E-state index contributed by atoms with van der Waals surface area (Å²) in [6.45, 7) is 7.69. The van der Waals surface area contributed by atoms with Crippen LogP contribution in [0, 0.1) is 5.92 Å². The van der Waals surface area contributed by atoms with Gasteiger partial charge in [-0.05, 0) is 30.9 Å². The second-order valence-electron chi connectivity index (χ2n) is 5.21. The molecular weight excluding hydrogens is 250 g/mol. The van der Waals surface area contributed by atoms with Crippen LogP contribution in [-0.2, 0) is 9.47 Å². The van der Waals surface area contributed by atoms with Gasteiger partial charge in [-0.3, -0.25) is 0 Å². The maximum atomic E-state index is 5.58. The topological polar surface area (TPSA) is 30.5 Å². The van der Waals surface area contributed by atoms with E-state index in [0.29, 0.717) is 25.2 Å². The van der Waals surface area contributed by atoms with Gasteiger partial charge in [-0.25, -0.2) is 0 Å². The van der Waals surface area contributed by atoms with Crippen LogP contribution in [0.3, 0.4) is 0 Å². The Hall–Kier alpha value is -0.900. The number of hydrogen-bond donors (Lipinski definition) is 1. The summed E-state index contributed by atoms with van der Waals surface area (Å²) in [4.78, 5) is 0. The Kier molecular flexibility index (Phi) is 9.29. The van der Waals surface area contributed by atoms with Gasteiger partial charge in [0.2, 0.25) is 0 Å². The highest BCUT2D eigenvalue weighted by molar-refractivity contribution is 5.19. The zero-order chi connectivity index (χ0) is 14.6. The lowest BCUT2D eigenvalue weighted by Gasteiger charge is -2.26. The molecule has 3 nitrogen and oxygen atoms in total. The molecule has 0 aliphatic carbocycles. The molecule has 20 heavy (non-hydrogen) atoms. The summed E-state index contributed by atoms with van der Waals surface area (Å²) in [5, 5.41) is 3.66. The van der Waals surface area contributed by atoms with Crippen LogP contribution in [0.15, 0.2) is 30.3 Å². The maximum absolute atomic E-state index is 5.58. The zero-order valence-electron chi connectivity index (χ0n) is 13.1. The van der Waals surface area contributed by atoms with E-state index in [-0.39, 0.29) is 0 Å². The van der Waals surface area contributed by atoms with Crippen LogP contribution in [0.2, 0.25) is 0 Å². The van der Waals surface area contributed by atoms with Crippen LogP contribution >= 0.6 is 0 Å². The highest BCUT2D eigenvalue weighted by Gasteiger charge is 2.18. The van der Waals surface area contributed by atoms with Gasteiger partial charge in [0.15, 0.2) is 0 Å². The van der Waals surface area contributed by atoms with Crippen molar-refractivity contribution in [2.24, 2.45) is 5.92 Å². The Morgan fingerprint density at radius 1 is 1.10 bits per heavy atom. The summed E-state index contributed by atoms with van der Waals surface area (Å²) in [7, 11) is 1.70. The van der Waals surface area contributed by atoms with Crippen LogP contribution in [0.5, 0.6) is 0 Å². The second-order valence-corrected chi connectivity index (χ2v) is 5.21. The summed E-state index contributed by atoms with van der Waals surface area (Å²) in [6, 6.07) is 11.1. The number of nitrogens with one attached hydrogen (secondary N) is 1. The molecule has 0 fully saturated rings. The van der Waals surface area contributed by atoms with Gasteiger partial charge >= 0.3 is 0 Å². The van der Waals surface area contributed by atoms with E-state index < -0.39 is 0 Å². The molecule has 0 bridgehead atoms. The Bertz CT molecular complexity index is 329. The molecule has 0 radical (unpaired) electrons. The molecule has 1 N–H and O–H groups in total. The van der Waals surface area contributed by atoms with Crippen LogP contribution < -0.4 is 5.32 Å². The second kappa shape index (κ2) is 10.8. The highest BCUT2D eigenvalue weighted by atomic mass is 16.5. The molecule has 3 heteroatoms. The Morgan fingerprint density at radius 2 is 1.85 bits per heavy atom. The molecule has 0 saturated carbocycles. The van der Waals surface area contributed by atoms with E-state index >= 15 is 0 Å². The predicted octanol–water partition coefficient (Wildman–Crippen LogP) is 3.42. The lowest BCUT2D eigenvalue weighted by atomic mass is 9.92. The summed E-state index contributed by atoms with van der Waals surface area (Å²) in [5.74, 6) is 0.548. The van der Waals surface area contributed by atoms with Crippen molar-refractivity contribution >= 4 is 0 Å². The van der Waals surface area contributed by atoms with Gasteiger partial charge in [0.1, 0.15) is 0 Å². The minimum absolute atomic E-state index is 0.405. The normalized spacial score (nSPS) is 14.2. The molecule has 114 valence electrons. The molecule has 1 rings (SSSR count). The first-order valence-electron chi connectivity index (χ1n) is 7.64. The van der Waals surface area contributed by atoms with Crippen molar-refractivity contribution < 1.29 is 9.47 Å². The maximum Gasteiger partial charge on any atom is 0.0700 e. The highest BCUT2D eigenvalue weighted by Crippen LogP contribution is 2.24. The van der Waals surface area contributed by atoms with E-state index in [4.69, 9.17) is 9.47 Å². The molecule has 0 amide bonds. The molecular formula is C17H29NO2. The number of methoxy groups -OCH3 is 1. The summed E-state index contributed by atoms with van der Waals surface area (Å²) in [5.41, 5.74) is 1.37. The van der Waals surface area contributed by atoms with E-state index in [1.807, 2.05) is 0 Å². The third-order valence-corrected chi connectivity index (χ3v) is 3.49. The fourth-order valence-electron chi connectivity index (χ4n) is 2.29. The molecule has 1 aromatic rings. The molecule has 0 aliphatic heterocycles. The van der Waals surface area contributed by atoms with E-state index in [2.05, 4.69) is 49.5 Å². The average molecular weight is 279 g/mol. The quantitative estimate of drug-likeness (QED) is 0.630. The van der Waals surface area contributed by atoms with Gasteiger partial charge in [-0.15, -0.1) is 0 Å². The van der Waals surface area contributed by atoms with E-state index in [9.17, 15) is 0 Å². The van der Waals surface area contributed by atoms with Gasteiger partial charge in [-0.2, -0.15) is 0 Å². The molecule has 0 aromatic heterocycles. The predicted molar refractivity (Wildman–Crippen MR) is 84.0 cm³/mol. The molecule has 2 unspecified atom stereocenters. The van der Waals surface area contributed by atoms with Gasteiger partial charge in [-0.1, -0.05) is 44.2 Å². The van der Waals surface area contributed by atoms with Gasteiger partial charge in [0, 0.05) is 19.8 Å². The Morgan fingerprint density at radius 3 is 2.50 bits per heavy atom. The SMILES string of the molecule is CCCNC(c1ccccc1)C(C)CCOCCOC. The molecule has 2 atom stereocenters. The largest absolute Gasteiger partial charge is 0.382 e. The van der Waals surface area contributed by atoms with Crippen molar-refractivity contribution in [3.8, 4) is 0 Å². The molecule has 0 heterocycles. The average Bonchev–Trinajstić information content (AvgIpc) is 2.48. The third-order valence-electron chi connectivity index (χ3n) is 3.49. The van der Waals surface area contributed by atoms with Gasteiger partial charge in [0.25, 0.3) is 0 Å². The number of rotatable bonds is 11. The van der Waals surface area contributed by atoms with Crippen molar-refractivity contribution in [1.29, 1.82) is 0 Å². The molecule has 0 spiro atoms. The molecule has 0 aliphatic rings. The van der Waals surface area contributed by atoms with Crippen LogP contribution in [0.1, 0.15) is 38.3 Å². The smallest absolute Gasteiger partial charge is 0.0700 e. The fraction of sp³-hybridized carbons (Fsp3) is 0.647. The van der Waals surface area contributed by atoms with E-state index in [1.165, 1.54) is 5.56 Å². The number of benzene rings is 1. The lowest BCUT2D eigenvalue weighted by Crippen LogP contribution is -2.28. The first-order valence-corrected chi connectivity index (χ1v) is 7.64. The fourth-order valence-corrected chi connectivity index (χ4v) is 2.29. The Labute approximate surface area is 123 Å². The first kappa shape index (κ1) is 17.2. The molecule has 1 aromatic carbocycles. The third kappa shape index (κ3) is 6.51. The summed E-state index contributed by atoms with van der Waals surface area (Å²) >= 11 is 0. The van der Waals surface area contributed by atoms with Crippen molar-refractivity contribution in [1.82, 2.24) is 5.32 Å². The summed E-state index contributed by atoms with van der Waals surface area (Å²) in [6.07, 6.45) is 2.21. The van der Waals surface area contributed by atoms with E-state index in [0.717, 1.165) is 26.0 Å². The minimum Gasteiger partial charge on any atom is -0.382 e. The number of ether oxygens (including phenoxy) is 2. The monoisotopic (exact) mass is 279 g/mol. The van der Waals surface area contributed by atoms with Crippen LogP contribution in [0.25, 0.3) is 0 Å². The molecule has 0 saturated heterocycles. The van der Waals surface area contributed by atoms with Crippen LogP contribution in [0.4, 0.5) is 0 Å². The van der Waals surface area contributed by atoms with Crippen molar-refractivity contribution in [2.75, 3.05) is 33.5 Å². The lowest BCUT2D eigenvalue weighted by molar-refractivity contribution is 0.0622. The minimum atomic E-state index is 0.405. The van der Waals surface area contributed by atoms with Crippen molar-refractivity contribution in [2.45, 2.75) is 32.7 Å². The Balaban J connectivity index is 2.46. The van der Waals surface area contributed by atoms with Gasteiger partial charge in [0.05, 0.1) is 13.2 Å². The first-order chi connectivity index (χ1) is 9.79. The zero-order valence-corrected chi connectivity index (χ0v) is 13.1. The van der Waals surface area contributed by atoms with Crippen molar-refractivity contribution in [3.63, 3.8) is 0 Å². The van der Waals surface area contributed by atoms with E-state index in [1.54, 1.807) is 7.11 Å². The van der Waals surface area contributed by atoms with Crippen molar-refractivity contribution in [3.05, 3.63) is 35.9 Å². The summed E-state index contributed by atoms with van der Waals surface area (Å²) < 4.78 is 10.6. The standard InChI is InChI=1S/C17H29NO2/c1-4-11-18-17(16-8-6-5-7-9-16)15(2)10-12-20-14-13-19-3/h5-9,15,17-18H,4,10-14H2,1-3H3. The van der Waals surface area contributed by atoms with Crippen LogP contribution in [-0.4, -0.2) is 33.5 Å².